The van der Waals surface area contributed by atoms with Crippen LogP contribution in [0.15, 0.2) is 88.7 Å². The summed E-state index contributed by atoms with van der Waals surface area (Å²) in [6.45, 7) is 2.77. The van der Waals surface area contributed by atoms with E-state index in [1.54, 1.807) is 11.0 Å². The Kier molecular flexibility index (Phi) is 6.44. The van der Waals surface area contributed by atoms with Crippen molar-refractivity contribution < 1.29 is 9.59 Å². The zero-order valence-electron chi connectivity index (χ0n) is 17.0. The summed E-state index contributed by atoms with van der Waals surface area (Å²) in [4.78, 5) is 28.9. The topological polar surface area (TPSA) is 49.4 Å². The van der Waals surface area contributed by atoms with Crippen LogP contribution in [0.4, 0.5) is 5.69 Å². The Hall–Kier alpha value is -3.02. The van der Waals surface area contributed by atoms with Crippen LogP contribution in [0.3, 0.4) is 0 Å². The zero-order valence-corrected chi connectivity index (χ0v) is 18.5. The van der Waals surface area contributed by atoms with Crippen LogP contribution in [0, 0.1) is 6.92 Å². The minimum Gasteiger partial charge on any atom is -0.348 e. The molecular weight excluding hydrogens is 428 g/mol. The molecule has 0 atom stereocenters. The number of rotatable bonds is 5. The maximum Gasteiger partial charge on any atom is 0.265 e. The normalized spacial score (nSPS) is 14.5. The molecule has 1 N–H and O–H groups in total. The lowest BCUT2D eigenvalue weighted by molar-refractivity contribution is -0.118. The van der Waals surface area contributed by atoms with Crippen molar-refractivity contribution in [3.63, 3.8) is 0 Å². The number of aryl methyl sites for hydroxylation is 1. The number of carbonyl (C=O) groups is 2. The monoisotopic (exact) mass is 448 g/mol. The van der Waals surface area contributed by atoms with Crippen molar-refractivity contribution in [3.8, 4) is 0 Å². The molecular formula is C25H21ClN2O2S. The first-order valence-corrected chi connectivity index (χ1v) is 11.1. The summed E-state index contributed by atoms with van der Waals surface area (Å²) < 4.78 is 0. The number of benzene rings is 3. The van der Waals surface area contributed by atoms with Crippen molar-refractivity contribution in [1.82, 2.24) is 5.32 Å². The average molecular weight is 449 g/mol. The van der Waals surface area contributed by atoms with Gasteiger partial charge in [0.25, 0.3) is 5.91 Å². The third-order valence-electron chi connectivity index (χ3n) is 4.97. The number of halogens is 1. The van der Waals surface area contributed by atoms with Crippen molar-refractivity contribution in [2.24, 2.45) is 0 Å². The predicted octanol–water partition coefficient (Wildman–Crippen LogP) is 5.49. The van der Waals surface area contributed by atoms with Gasteiger partial charge in [-0.05, 0) is 36.2 Å². The van der Waals surface area contributed by atoms with E-state index in [0.29, 0.717) is 23.0 Å². The van der Waals surface area contributed by atoms with Gasteiger partial charge in [0.1, 0.15) is 0 Å². The van der Waals surface area contributed by atoms with Crippen LogP contribution in [0.5, 0.6) is 0 Å². The summed E-state index contributed by atoms with van der Waals surface area (Å²) >= 11 is 7.47. The van der Waals surface area contributed by atoms with Crippen molar-refractivity contribution in [1.29, 1.82) is 0 Å². The fourth-order valence-electron chi connectivity index (χ4n) is 3.29. The SMILES string of the molecule is Cc1ccc(CN2C(=O)C(=CC(=O)NCc3ccccc3Cl)Sc3ccccc32)cc1. The van der Waals surface area contributed by atoms with Gasteiger partial charge in [-0.3, -0.25) is 9.59 Å². The molecule has 0 unspecified atom stereocenters. The molecule has 4 rings (SSSR count). The third-order valence-corrected chi connectivity index (χ3v) is 6.41. The Balaban J connectivity index is 1.55. The molecule has 0 spiro atoms. The van der Waals surface area contributed by atoms with Crippen LogP contribution in [0.1, 0.15) is 16.7 Å². The molecule has 6 heteroatoms. The summed E-state index contributed by atoms with van der Waals surface area (Å²) in [7, 11) is 0. The van der Waals surface area contributed by atoms with Gasteiger partial charge in [0, 0.05) is 22.5 Å². The Bertz CT molecular complexity index is 1160. The summed E-state index contributed by atoms with van der Waals surface area (Å²) in [5, 5.41) is 3.41. The Morgan fingerprint density at radius 3 is 2.52 bits per heavy atom. The number of nitrogens with one attached hydrogen (secondary N) is 1. The van der Waals surface area contributed by atoms with Gasteiger partial charge in [-0.15, -0.1) is 0 Å². The van der Waals surface area contributed by atoms with Gasteiger partial charge in [-0.2, -0.15) is 0 Å². The van der Waals surface area contributed by atoms with E-state index in [2.05, 4.69) is 5.32 Å². The van der Waals surface area contributed by atoms with Gasteiger partial charge < -0.3 is 10.2 Å². The first kappa shape index (κ1) is 21.2. The molecule has 0 bridgehead atoms. The maximum atomic E-state index is 13.3. The number of thioether (sulfide) groups is 1. The fourth-order valence-corrected chi connectivity index (χ4v) is 4.52. The van der Waals surface area contributed by atoms with Gasteiger partial charge >= 0.3 is 0 Å². The molecule has 0 saturated carbocycles. The summed E-state index contributed by atoms with van der Waals surface area (Å²) in [6, 6.07) is 23.2. The van der Waals surface area contributed by atoms with Crippen LogP contribution >= 0.6 is 23.4 Å². The lowest BCUT2D eigenvalue weighted by Gasteiger charge is -2.30. The van der Waals surface area contributed by atoms with E-state index in [1.807, 2.05) is 73.7 Å². The van der Waals surface area contributed by atoms with Crippen LogP contribution in [0.2, 0.25) is 5.02 Å². The second kappa shape index (κ2) is 9.41. The number of carbonyl (C=O) groups excluding carboxylic acids is 2. The minimum absolute atomic E-state index is 0.183. The van der Waals surface area contributed by atoms with E-state index in [1.165, 1.54) is 23.4 Å². The first-order valence-electron chi connectivity index (χ1n) is 9.88. The highest BCUT2D eigenvalue weighted by atomic mass is 35.5. The molecule has 0 aliphatic carbocycles. The van der Waals surface area contributed by atoms with Crippen molar-refractivity contribution in [2.75, 3.05) is 4.90 Å². The zero-order chi connectivity index (χ0) is 21.8. The van der Waals surface area contributed by atoms with Crippen molar-refractivity contribution in [2.45, 2.75) is 24.9 Å². The molecule has 0 fully saturated rings. The van der Waals surface area contributed by atoms with Crippen LogP contribution in [0.25, 0.3) is 0 Å². The molecule has 4 nitrogen and oxygen atoms in total. The number of fused-ring (bicyclic) bond motifs is 1. The smallest absolute Gasteiger partial charge is 0.265 e. The molecule has 3 aromatic rings. The van der Waals surface area contributed by atoms with Crippen LogP contribution in [-0.4, -0.2) is 11.8 Å². The summed E-state index contributed by atoms with van der Waals surface area (Å²) in [6.07, 6.45) is 1.38. The second-order valence-corrected chi connectivity index (χ2v) is 8.76. The van der Waals surface area contributed by atoms with E-state index < -0.39 is 0 Å². The molecule has 31 heavy (non-hydrogen) atoms. The van der Waals surface area contributed by atoms with Crippen molar-refractivity contribution in [3.05, 3.63) is 105 Å². The number of para-hydroxylation sites is 1. The highest BCUT2D eigenvalue weighted by Crippen LogP contribution is 2.41. The van der Waals surface area contributed by atoms with Gasteiger partial charge in [0.2, 0.25) is 5.91 Å². The van der Waals surface area contributed by atoms with Gasteiger partial charge in [0.05, 0.1) is 17.1 Å². The Morgan fingerprint density at radius 1 is 1.03 bits per heavy atom. The molecule has 1 heterocycles. The molecule has 2 amide bonds. The maximum absolute atomic E-state index is 13.3. The lowest BCUT2D eigenvalue weighted by Crippen LogP contribution is -2.34. The van der Waals surface area contributed by atoms with E-state index >= 15 is 0 Å². The third kappa shape index (κ3) is 5.01. The van der Waals surface area contributed by atoms with Crippen LogP contribution < -0.4 is 10.2 Å². The van der Waals surface area contributed by atoms with E-state index in [4.69, 9.17) is 11.6 Å². The van der Waals surface area contributed by atoms with Gasteiger partial charge in [-0.1, -0.05) is 83.5 Å². The highest BCUT2D eigenvalue weighted by Gasteiger charge is 2.29. The molecule has 0 aromatic heterocycles. The molecule has 1 aliphatic heterocycles. The average Bonchev–Trinajstić information content (AvgIpc) is 2.77. The van der Waals surface area contributed by atoms with Gasteiger partial charge in [0.15, 0.2) is 0 Å². The number of hydrogen-bond acceptors (Lipinski definition) is 3. The Labute approximate surface area is 190 Å². The number of amides is 2. The lowest BCUT2D eigenvalue weighted by atomic mass is 10.1. The number of anilines is 1. The molecule has 1 aliphatic rings. The number of hydrogen-bond donors (Lipinski definition) is 1. The number of nitrogens with zero attached hydrogens (tertiary/aromatic N) is 1. The second-order valence-electron chi connectivity index (χ2n) is 7.26. The minimum atomic E-state index is -0.328. The standard InChI is InChI=1S/C25H21ClN2O2S/c1-17-10-12-18(13-11-17)16-28-21-8-4-5-9-22(21)31-23(25(28)30)14-24(29)27-15-19-6-2-3-7-20(19)26/h2-14H,15-16H2,1H3,(H,27,29). The van der Waals surface area contributed by atoms with E-state index in [-0.39, 0.29) is 11.8 Å². The van der Waals surface area contributed by atoms with E-state index in [9.17, 15) is 9.59 Å². The molecule has 3 aromatic carbocycles. The molecule has 156 valence electrons. The van der Waals surface area contributed by atoms with Crippen LogP contribution in [-0.2, 0) is 22.7 Å². The summed E-state index contributed by atoms with van der Waals surface area (Å²) in [5.74, 6) is -0.511. The highest BCUT2D eigenvalue weighted by molar-refractivity contribution is 8.04. The molecule has 0 saturated heterocycles. The largest absolute Gasteiger partial charge is 0.348 e. The fraction of sp³-hybridized carbons (Fsp3) is 0.120. The van der Waals surface area contributed by atoms with Crippen molar-refractivity contribution >= 4 is 40.9 Å². The quantitative estimate of drug-likeness (QED) is 0.525. The molecule has 0 radical (unpaired) electrons. The van der Waals surface area contributed by atoms with E-state index in [0.717, 1.165) is 21.7 Å². The summed E-state index contributed by atoms with van der Waals surface area (Å²) in [5.41, 5.74) is 3.88. The van der Waals surface area contributed by atoms with Gasteiger partial charge in [-0.25, -0.2) is 0 Å². The Morgan fingerprint density at radius 2 is 1.74 bits per heavy atom. The first-order chi connectivity index (χ1) is 15.0. The predicted molar refractivity (Wildman–Crippen MR) is 126 cm³/mol.